The van der Waals surface area contributed by atoms with Crippen molar-refractivity contribution in [1.29, 1.82) is 0 Å². The van der Waals surface area contributed by atoms with Crippen LogP contribution in [0, 0.1) is 0 Å². The van der Waals surface area contributed by atoms with Crippen LogP contribution >= 0.6 is 23.4 Å². The minimum absolute atomic E-state index is 0.0471. The van der Waals surface area contributed by atoms with Gasteiger partial charge in [0.2, 0.25) is 5.91 Å². The van der Waals surface area contributed by atoms with Crippen LogP contribution in [0.2, 0.25) is 5.02 Å². The van der Waals surface area contributed by atoms with Crippen molar-refractivity contribution in [2.24, 2.45) is 0 Å². The van der Waals surface area contributed by atoms with Crippen LogP contribution in [0.15, 0.2) is 53.4 Å². The molecule has 2 rings (SSSR count). The summed E-state index contributed by atoms with van der Waals surface area (Å²) in [7, 11) is 0. The number of ether oxygens (including phenoxy) is 1. The first-order valence-electron chi connectivity index (χ1n) is 7.04. The SMILES string of the molecule is CCOc1ccc(NC(=O)C(C)Sc2cccc(Cl)c2)cc1. The second kappa shape index (κ2) is 8.11. The lowest BCUT2D eigenvalue weighted by atomic mass is 10.3. The molecule has 0 aliphatic carbocycles. The Balaban J connectivity index is 1.93. The highest BCUT2D eigenvalue weighted by molar-refractivity contribution is 8.00. The number of anilines is 1. The average molecular weight is 336 g/mol. The van der Waals surface area contributed by atoms with E-state index in [9.17, 15) is 4.79 Å². The number of nitrogens with one attached hydrogen (secondary N) is 1. The van der Waals surface area contributed by atoms with Gasteiger partial charge < -0.3 is 10.1 Å². The molecule has 0 radical (unpaired) electrons. The fraction of sp³-hybridized carbons (Fsp3) is 0.235. The first-order chi connectivity index (χ1) is 10.6. The third-order valence-electron chi connectivity index (χ3n) is 2.91. The van der Waals surface area contributed by atoms with Crippen LogP contribution in [-0.2, 0) is 4.79 Å². The molecule has 0 spiro atoms. The predicted molar refractivity (Wildman–Crippen MR) is 93.0 cm³/mol. The van der Waals surface area contributed by atoms with E-state index in [2.05, 4.69) is 5.32 Å². The fourth-order valence-corrected chi connectivity index (χ4v) is 3.02. The van der Waals surface area contributed by atoms with Crippen molar-refractivity contribution in [3.8, 4) is 5.75 Å². The summed E-state index contributed by atoms with van der Waals surface area (Å²) in [4.78, 5) is 13.2. The minimum atomic E-state index is -0.218. The van der Waals surface area contributed by atoms with E-state index in [1.165, 1.54) is 11.8 Å². The molecule has 1 unspecified atom stereocenters. The molecule has 0 aromatic heterocycles. The van der Waals surface area contributed by atoms with Crippen molar-refractivity contribution in [3.05, 3.63) is 53.6 Å². The van der Waals surface area contributed by atoms with E-state index in [-0.39, 0.29) is 11.2 Å². The Bertz CT molecular complexity index is 631. The van der Waals surface area contributed by atoms with Crippen molar-refractivity contribution >= 4 is 35.0 Å². The van der Waals surface area contributed by atoms with Crippen molar-refractivity contribution in [1.82, 2.24) is 0 Å². The highest BCUT2D eigenvalue weighted by Gasteiger charge is 2.14. The second-order valence-corrected chi connectivity index (χ2v) is 6.51. The van der Waals surface area contributed by atoms with E-state index in [0.717, 1.165) is 16.3 Å². The molecule has 5 heteroatoms. The summed E-state index contributed by atoms with van der Waals surface area (Å²) >= 11 is 7.43. The van der Waals surface area contributed by atoms with Crippen molar-refractivity contribution in [3.63, 3.8) is 0 Å². The molecule has 0 fully saturated rings. The van der Waals surface area contributed by atoms with Gasteiger partial charge >= 0.3 is 0 Å². The molecule has 0 saturated heterocycles. The zero-order chi connectivity index (χ0) is 15.9. The van der Waals surface area contributed by atoms with Gasteiger partial charge in [-0.1, -0.05) is 17.7 Å². The molecule has 2 aromatic carbocycles. The van der Waals surface area contributed by atoms with Gasteiger partial charge in [-0.05, 0) is 56.3 Å². The topological polar surface area (TPSA) is 38.3 Å². The Morgan fingerprint density at radius 3 is 2.64 bits per heavy atom. The minimum Gasteiger partial charge on any atom is -0.494 e. The van der Waals surface area contributed by atoms with Crippen LogP contribution in [0.5, 0.6) is 5.75 Å². The maximum atomic E-state index is 12.2. The largest absolute Gasteiger partial charge is 0.494 e. The Morgan fingerprint density at radius 1 is 1.27 bits per heavy atom. The molecular formula is C17H18ClNO2S. The van der Waals surface area contributed by atoms with Crippen LogP contribution in [-0.4, -0.2) is 17.8 Å². The number of benzene rings is 2. The summed E-state index contributed by atoms with van der Waals surface area (Å²) in [5, 5.41) is 3.35. The van der Waals surface area contributed by atoms with Gasteiger partial charge in [0.05, 0.1) is 11.9 Å². The summed E-state index contributed by atoms with van der Waals surface area (Å²) in [5.41, 5.74) is 0.756. The summed E-state index contributed by atoms with van der Waals surface area (Å²) in [5.74, 6) is 0.746. The highest BCUT2D eigenvalue weighted by atomic mass is 35.5. The number of carbonyl (C=O) groups excluding carboxylic acids is 1. The van der Waals surface area contributed by atoms with E-state index in [0.29, 0.717) is 11.6 Å². The van der Waals surface area contributed by atoms with Crippen molar-refractivity contribution < 1.29 is 9.53 Å². The smallest absolute Gasteiger partial charge is 0.237 e. The summed E-state index contributed by atoms with van der Waals surface area (Å²) in [6.07, 6.45) is 0. The molecule has 116 valence electrons. The van der Waals surface area contributed by atoms with E-state index < -0.39 is 0 Å². The first kappa shape index (κ1) is 16.7. The Labute approximate surface area is 140 Å². The number of hydrogen-bond donors (Lipinski definition) is 1. The van der Waals surface area contributed by atoms with Gasteiger partial charge in [0.1, 0.15) is 5.75 Å². The van der Waals surface area contributed by atoms with Gasteiger partial charge in [-0.25, -0.2) is 0 Å². The number of amides is 1. The molecule has 1 N–H and O–H groups in total. The zero-order valence-electron chi connectivity index (χ0n) is 12.5. The van der Waals surface area contributed by atoms with Crippen LogP contribution in [0.25, 0.3) is 0 Å². The van der Waals surface area contributed by atoms with E-state index in [1.807, 2.05) is 62.4 Å². The van der Waals surface area contributed by atoms with Gasteiger partial charge in [-0.15, -0.1) is 11.8 Å². The number of rotatable bonds is 6. The predicted octanol–water partition coefficient (Wildman–Crippen LogP) is 4.86. The number of halogens is 1. The highest BCUT2D eigenvalue weighted by Crippen LogP contribution is 2.26. The molecule has 0 saturated carbocycles. The summed E-state index contributed by atoms with van der Waals surface area (Å²) < 4.78 is 5.37. The standard InChI is InChI=1S/C17H18ClNO2S/c1-3-21-15-9-7-14(8-10-15)19-17(20)12(2)22-16-6-4-5-13(18)11-16/h4-12H,3H2,1-2H3,(H,19,20). The molecule has 2 aromatic rings. The number of thioether (sulfide) groups is 1. The zero-order valence-corrected chi connectivity index (χ0v) is 14.1. The van der Waals surface area contributed by atoms with Crippen LogP contribution < -0.4 is 10.1 Å². The third-order valence-corrected chi connectivity index (χ3v) is 4.24. The van der Waals surface area contributed by atoms with Gasteiger partial charge in [0.25, 0.3) is 0 Å². The molecule has 1 atom stereocenters. The first-order valence-corrected chi connectivity index (χ1v) is 8.30. The van der Waals surface area contributed by atoms with Crippen LogP contribution in [0.1, 0.15) is 13.8 Å². The number of carbonyl (C=O) groups is 1. The number of hydrogen-bond acceptors (Lipinski definition) is 3. The average Bonchev–Trinajstić information content (AvgIpc) is 2.49. The maximum absolute atomic E-state index is 12.2. The normalized spacial score (nSPS) is 11.8. The van der Waals surface area contributed by atoms with Gasteiger partial charge in [-0.2, -0.15) is 0 Å². The molecule has 0 aliphatic heterocycles. The van der Waals surface area contributed by atoms with Gasteiger partial charge in [-0.3, -0.25) is 4.79 Å². The molecule has 1 amide bonds. The van der Waals surface area contributed by atoms with E-state index in [1.54, 1.807) is 0 Å². The Kier molecular flexibility index (Phi) is 6.16. The van der Waals surface area contributed by atoms with Crippen molar-refractivity contribution in [2.45, 2.75) is 24.0 Å². The van der Waals surface area contributed by atoms with E-state index >= 15 is 0 Å². The Hall–Kier alpha value is -1.65. The summed E-state index contributed by atoms with van der Waals surface area (Å²) in [6, 6.07) is 14.8. The monoisotopic (exact) mass is 335 g/mol. The molecule has 0 bridgehead atoms. The quantitative estimate of drug-likeness (QED) is 0.766. The lowest BCUT2D eigenvalue weighted by Crippen LogP contribution is -2.22. The Morgan fingerprint density at radius 2 is 2.00 bits per heavy atom. The van der Waals surface area contributed by atoms with E-state index in [4.69, 9.17) is 16.3 Å². The maximum Gasteiger partial charge on any atom is 0.237 e. The van der Waals surface area contributed by atoms with Crippen LogP contribution in [0.3, 0.4) is 0 Å². The summed E-state index contributed by atoms with van der Waals surface area (Å²) in [6.45, 7) is 4.43. The van der Waals surface area contributed by atoms with Gasteiger partial charge in [0.15, 0.2) is 0 Å². The van der Waals surface area contributed by atoms with Crippen LogP contribution in [0.4, 0.5) is 5.69 Å². The lowest BCUT2D eigenvalue weighted by molar-refractivity contribution is -0.115. The lowest BCUT2D eigenvalue weighted by Gasteiger charge is -2.12. The van der Waals surface area contributed by atoms with Crippen molar-refractivity contribution in [2.75, 3.05) is 11.9 Å². The van der Waals surface area contributed by atoms with Gasteiger partial charge in [0, 0.05) is 15.6 Å². The third kappa shape index (κ3) is 4.97. The molecule has 0 heterocycles. The molecule has 22 heavy (non-hydrogen) atoms. The molecule has 3 nitrogen and oxygen atoms in total. The molecular weight excluding hydrogens is 318 g/mol. The molecule has 0 aliphatic rings. The second-order valence-electron chi connectivity index (χ2n) is 4.66. The fourth-order valence-electron chi connectivity index (χ4n) is 1.84.